The van der Waals surface area contributed by atoms with E-state index in [4.69, 9.17) is 0 Å². The molecule has 0 bridgehead atoms. The van der Waals surface area contributed by atoms with Crippen LogP contribution >= 0.6 is 0 Å². The molecule has 13 heavy (non-hydrogen) atoms. The van der Waals surface area contributed by atoms with E-state index in [2.05, 4.69) is 23.4 Å². The van der Waals surface area contributed by atoms with Gasteiger partial charge in [0.05, 0.1) is 0 Å². The minimum Gasteiger partial charge on any atom is -0.333 e. The van der Waals surface area contributed by atoms with E-state index in [0.717, 1.165) is 5.82 Å². The monoisotopic (exact) mass is 184 g/mol. The Kier molecular flexibility index (Phi) is 10.5. The van der Waals surface area contributed by atoms with Crippen LogP contribution in [-0.2, 0) is 0 Å². The molecule has 1 aromatic rings. The summed E-state index contributed by atoms with van der Waals surface area (Å²) in [6.45, 7) is 14.3. The van der Waals surface area contributed by atoms with Gasteiger partial charge in [-0.1, -0.05) is 27.7 Å². The number of rotatable bonds is 1. The molecule has 1 heterocycles. The smallest absolute Gasteiger partial charge is 0.105 e. The highest BCUT2D eigenvalue weighted by molar-refractivity contribution is 4.90. The standard InChI is InChI=1S/C7H12N2.2C2H6/c1-6(2)9-5-4-8-7(9)3;2*1-2/h4-6H,1-3H3;2*1-2H3. The van der Waals surface area contributed by atoms with Gasteiger partial charge < -0.3 is 4.57 Å². The molecule has 2 nitrogen and oxygen atoms in total. The summed E-state index contributed by atoms with van der Waals surface area (Å²) in [5.74, 6) is 1.09. The van der Waals surface area contributed by atoms with Crippen molar-refractivity contribution < 1.29 is 0 Å². The lowest BCUT2D eigenvalue weighted by molar-refractivity contribution is 0.582. The minimum atomic E-state index is 0.535. The maximum Gasteiger partial charge on any atom is 0.105 e. The molecule has 0 aliphatic carbocycles. The van der Waals surface area contributed by atoms with Gasteiger partial charge >= 0.3 is 0 Å². The lowest BCUT2D eigenvalue weighted by atomic mass is 10.4. The maximum absolute atomic E-state index is 4.10. The van der Waals surface area contributed by atoms with Crippen LogP contribution < -0.4 is 0 Å². The van der Waals surface area contributed by atoms with Gasteiger partial charge in [0.15, 0.2) is 0 Å². The average molecular weight is 184 g/mol. The molecule has 0 fully saturated rings. The largest absolute Gasteiger partial charge is 0.333 e. The van der Waals surface area contributed by atoms with E-state index in [0.29, 0.717) is 6.04 Å². The van der Waals surface area contributed by atoms with Crippen molar-refractivity contribution in [1.82, 2.24) is 9.55 Å². The first-order valence-corrected chi connectivity index (χ1v) is 5.21. The number of imidazole rings is 1. The third-order valence-electron chi connectivity index (χ3n) is 1.42. The first-order chi connectivity index (χ1) is 6.22. The van der Waals surface area contributed by atoms with Gasteiger partial charge in [-0.25, -0.2) is 4.98 Å². The van der Waals surface area contributed by atoms with E-state index in [9.17, 15) is 0 Å². The molecule has 2 heteroatoms. The van der Waals surface area contributed by atoms with Crippen molar-refractivity contribution in [2.75, 3.05) is 0 Å². The quantitative estimate of drug-likeness (QED) is 0.648. The molecule has 0 aliphatic heterocycles. The van der Waals surface area contributed by atoms with E-state index in [1.54, 1.807) is 0 Å². The van der Waals surface area contributed by atoms with Crippen molar-refractivity contribution in [2.24, 2.45) is 0 Å². The highest BCUT2D eigenvalue weighted by Gasteiger charge is 1.98. The molecule has 0 N–H and O–H groups in total. The fourth-order valence-electron chi connectivity index (χ4n) is 0.933. The molecule has 1 rings (SSSR count). The van der Waals surface area contributed by atoms with Crippen molar-refractivity contribution >= 4 is 0 Å². The molecule has 0 aromatic carbocycles. The Balaban J connectivity index is 0. The predicted octanol–water partition coefficient (Wildman–Crippen LogP) is 3.82. The first kappa shape index (κ1) is 14.7. The molecule has 0 spiro atoms. The van der Waals surface area contributed by atoms with E-state index in [-0.39, 0.29) is 0 Å². The summed E-state index contributed by atoms with van der Waals surface area (Å²) in [4.78, 5) is 4.10. The van der Waals surface area contributed by atoms with Gasteiger partial charge in [-0.2, -0.15) is 0 Å². The van der Waals surface area contributed by atoms with Crippen LogP contribution in [0, 0.1) is 6.92 Å². The average Bonchev–Trinajstić information content (AvgIpc) is 2.58. The van der Waals surface area contributed by atoms with Crippen LogP contribution in [0.1, 0.15) is 53.4 Å². The van der Waals surface area contributed by atoms with E-state index in [1.807, 2.05) is 47.0 Å². The Bertz CT molecular complexity index is 190. The number of aromatic nitrogens is 2. The number of hydrogen-bond donors (Lipinski definition) is 0. The number of hydrogen-bond acceptors (Lipinski definition) is 1. The lowest BCUT2D eigenvalue weighted by Crippen LogP contribution is -2.00. The Hall–Kier alpha value is -0.790. The van der Waals surface area contributed by atoms with Gasteiger partial charge in [0.25, 0.3) is 0 Å². The SMILES string of the molecule is CC.CC.Cc1nccn1C(C)C. The predicted molar refractivity (Wildman–Crippen MR) is 60.0 cm³/mol. The number of aryl methyl sites for hydroxylation is 1. The number of nitrogens with zero attached hydrogens (tertiary/aromatic N) is 2. The second kappa shape index (κ2) is 9.30. The molecular weight excluding hydrogens is 160 g/mol. The topological polar surface area (TPSA) is 17.8 Å². The third kappa shape index (κ3) is 5.45. The van der Waals surface area contributed by atoms with E-state index in [1.165, 1.54) is 0 Å². The van der Waals surface area contributed by atoms with Crippen molar-refractivity contribution in [3.8, 4) is 0 Å². The fourth-order valence-corrected chi connectivity index (χ4v) is 0.933. The van der Waals surface area contributed by atoms with Crippen LogP contribution in [0.2, 0.25) is 0 Å². The van der Waals surface area contributed by atoms with Crippen LogP contribution in [0.3, 0.4) is 0 Å². The summed E-state index contributed by atoms with van der Waals surface area (Å²) in [6.07, 6.45) is 3.83. The van der Waals surface area contributed by atoms with Crippen LogP contribution in [0.4, 0.5) is 0 Å². The minimum absolute atomic E-state index is 0.535. The van der Waals surface area contributed by atoms with Crippen molar-refractivity contribution in [3.63, 3.8) is 0 Å². The Labute approximate surface area is 83.0 Å². The van der Waals surface area contributed by atoms with Crippen LogP contribution in [-0.4, -0.2) is 9.55 Å². The second-order valence-electron chi connectivity index (χ2n) is 2.48. The van der Waals surface area contributed by atoms with Crippen molar-refractivity contribution in [3.05, 3.63) is 18.2 Å². The molecule has 0 atom stereocenters. The van der Waals surface area contributed by atoms with Gasteiger partial charge in [0, 0.05) is 18.4 Å². The van der Waals surface area contributed by atoms with Crippen LogP contribution in [0.5, 0.6) is 0 Å². The highest BCUT2D eigenvalue weighted by atomic mass is 15.1. The maximum atomic E-state index is 4.10. The first-order valence-electron chi connectivity index (χ1n) is 5.21. The summed E-state index contributed by atoms with van der Waals surface area (Å²) >= 11 is 0. The van der Waals surface area contributed by atoms with E-state index >= 15 is 0 Å². The highest BCUT2D eigenvalue weighted by Crippen LogP contribution is 2.05. The van der Waals surface area contributed by atoms with Gasteiger partial charge in [-0.15, -0.1) is 0 Å². The molecule has 0 saturated heterocycles. The summed E-state index contributed by atoms with van der Waals surface area (Å²) in [7, 11) is 0. The Morgan fingerprint density at radius 3 is 1.77 bits per heavy atom. The third-order valence-corrected chi connectivity index (χ3v) is 1.42. The van der Waals surface area contributed by atoms with Crippen LogP contribution in [0.25, 0.3) is 0 Å². The van der Waals surface area contributed by atoms with Gasteiger partial charge in [-0.05, 0) is 20.8 Å². The summed E-state index contributed by atoms with van der Waals surface area (Å²) in [6, 6.07) is 0.535. The zero-order chi connectivity index (χ0) is 10.9. The molecule has 0 unspecified atom stereocenters. The molecule has 0 aliphatic rings. The second-order valence-corrected chi connectivity index (χ2v) is 2.48. The lowest BCUT2D eigenvalue weighted by Gasteiger charge is -2.07. The molecule has 0 saturated carbocycles. The fraction of sp³-hybridized carbons (Fsp3) is 0.727. The van der Waals surface area contributed by atoms with Crippen molar-refractivity contribution in [2.45, 2.75) is 54.5 Å². The van der Waals surface area contributed by atoms with Crippen molar-refractivity contribution in [1.29, 1.82) is 0 Å². The van der Waals surface area contributed by atoms with Gasteiger partial charge in [0.1, 0.15) is 5.82 Å². The van der Waals surface area contributed by atoms with E-state index < -0.39 is 0 Å². The molecule has 1 aromatic heterocycles. The summed E-state index contributed by atoms with van der Waals surface area (Å²) in [5, 5.41) is 0. The molecule has 78 valence electrons. The van der Waals surface area contributed by atoms with Gasteiger partial charge in [0.2, 0.25) is 0 Å². The normalized spacial score (nSPS) is 8.31. The Morgan fingerprint density at radius 1 is 1.15 bits per heavy atom. The zero-order valence-corrected chi connectivity index (χ0v) is 10.1. The molecular formula is C11H24N2. The molecule has 0 radical (unpaired) electrons. The van der Waals surface area contributed by atoms with Crippen LogP contribution in [0.15, 0.2) is 12.4 Å². The zero-order valence-electron chi connectivity index (χ0n) is 10.1. The summed E-state index contributed by atoms with van der Waals surface area (Å²) in [5.41, 5.74) is 0. The molecule has 0 amide bonds. The Morgan fingerprint density at radius 2 is 1.62 bits per heavy atom. The summed E-state index contributed by atoms with van der Waals surface area (Å²) < 4.78 is 2.14. The van der Waals surface area contributed by atoms with Gasteiger partial charge in [-0.3, -0.25) is 0 Å².